The number of carbonyl (C=O) groups excluding carboxylic acids is 2. The predicted molar refractivity (Wildman–Crippen MR) is 68.0 cm³/mol. The van der Waals surface area contributed by atoms with Crippen LogP contribution in [0.25, 0.3) is 0 Å². The predicted octanol–water partition coefficient (Wildman–Crippen LogP) is 2.27. The van der Waals surface area contributed by atoms with Gasteiger partial charge in [-0.2, -0.15) is 0 Å². The van der Waals surface area contributed by atoms with Gasteiger partial charge in [0.15, 0.2) is 0 Å². The van der Waals surface area contributed by atoms with Crippen molar-refractivity contribution in [1.82, 2.24) is 4.98 Å². The first-order valence-electron chi connectivity index (χ1n) is 5.28. The highest BCUT2D eigenvalue weighted by Crippen LogP contribution is 2.12. The zero-order valence-electron chi connectivity index (χ0n) is 10.6. The molecule has 0 aliphatic carbocycles. The average Bonchev–Trinajstić information content (AvgIpc) is 2.25. The van der Waals surface area contributed by atoms with E-state index >= 15 is 0 Å². The summed E-state index contributed by atoms with van der Waals surface area (Å²) in [4.78, 5) is 29.9. The summed E-state index contributed by atoms with van der Waals surface area (Å²) in [5.74, 6) is -0.504. The van der Waals surface area contributed by atoms with Crippen LogP contribution in [0, 0.1) is 0 Å². The quantitative estimate of drug-likeness (QED) is 0.815. The molecule has 1 heterocycles. The van der Waals surface area contributed by atoms with Crippen molar-refractivity contribution in [2.45, 2.75) is 26.4 Å². The van der Waals surface area contributed by atoms with Gasteiger partial charge in [0.25, 0.3) is 5.91 Å². The third-order valence-electron chi connectivity index (χ3n) is 1.77. The average molecular weight is 249 g/mol. The minimum absolute atomic E-state index is 0.249. The van der Waals surface area contributed by atoms with Crippen molar-refractivity contribution in [3.8, 4) is 0 Å². The van der Waals surface area contributed by atoms with Crippen LogP contribution in [0.5, 0.6) is 0 Å². The Labute approximate surface area is 105 Å². The highest BCUT2D eigenvalue weighted by Gasteiger charge is 2.16. The van der Waals surface area contributed by atoms with Crippen LogP contribution >= 0.6 is 0 Å². The van der Waals surface area contributed by atoms with E-state index in [4.69, 9.17) is 4.74 Å². The molecule has 0 aliphatic heterocycles. The number of nitrogens with one attached hydrogen (secondary N) is 1. The fourth-order valence-corrected chi connectivity index (χ4v) is 1.14. The van der Waals surface area contributed by atoms with Crippen molar-refractivity contribution in [3.63, 3.8) is 0 Å². The molecular formula is C12H15N3O3. The van der Waals surface area contributed by atoms with Crippen LogP contribution in [0.3, 0.4) is 0 Å². The maximum absolute atomic E-state index is 11.5. The number of hydrogen-bond acceptors (Lipinski definition) is 4. The van der Waals surface area contributed by atoms with Crippen LogP contribution in [0.15, 0.2) is 23.5 Å². The number of aromatic nitrogens is 1. The first-order valence-corrected chi connectivity index (χ1v) is 5.28. The molecule has 0 spiro atoms. The largest absolute Gasteiger partial charge is 0.444 e. The summed E-state index contributed by atoms with van der Waals surface area (Å²) in [5.41, 5.74) is 0.0190. The second-order valence-electron chi connectivity index (χ2n) is 4.55. The van der Waals surface area contributed by atoms with Crippen LogP contribution in [0.2, 0.25) is 0 Å². The smallest absolute Gasteiger partial charge is 0.412 e. The number of nitrogens with zero attached hydrogens (tertiary/aromatic N) is 2. The number of aliphatic imine (C=N–C) groups is 1. The number of hydrogen-bond donors (Lipinski definition) is 1. The molecule has 0 saturated heterocycles. The van der Waals surface area contributed by atoms with Gasteiger partial charge in [-0.15, -0.1) is 0 Å². The van der Waals surface area contributed by atoms with E-state index in [1.54, 1.807) is 20.8 Å². The van der Waals surface area contributed by atoms with Gasteiger partial charge in [0.2, 0.25) is 0 Å². The van der Waals surface area contributed by atoms with Gasteiger partial charge in [-0.25, -0.2) is 9.79 Å². The van der Waals surface area contributed by atoms with E-state index in [9.17, 15) is 9.59 Å². The van der Waals surface area contributed by atoms with E-state index in [0.717, 1.165) is 0 Å². The van der Waals surface area contributed by atoms with E-state index in [-0.39, 0.29) is 5.56 Å². The first-order chi connectivity index (χ1) is 8.31. The molecule has 0 aromatic carbocycles. The third kappa shape index (κ3) is 4.32. The van der Waals surface area contributed by atoms with Gasteiger partial charge < -0.3 is 4.74 Å². The molecule has 0 bridgehead atoms. The molecule has 1 aromatic rings. The zero-order chi connectivity index (χ0) is 13.8. The molecule has 2 amide bonds. The lowest BCUT2D eigenvalue weighted by atomic mass is 10.2. The first kappa shape index (κ1) is 13.8. The zero-order valence-corrected chi connectivity index (χ0v) is 10.6. The third-order valence-corrected chi connectivity index (χ3v) is 1.77. The maximum Gasteiger partial charge on any atom is 0.412 e. The summed E-state index contributed by atoms with van der Waals surface area (Å²) in [5, 5.41) is 2.48. The Bertz CT molecular complexity index is 478. The van der Waals surface area contributed by atoms with Crippen molar-refractivity contribution in [2.75, 3.05) is 5.32 Å². The number of carbonyl (C=O) groups is 2. The lowest BCUT2D eigenvalue weighted by molar-refractivity contribution is 0.0635. The van der Waals surface area contributed by atoms with Crippen molar-refractivity contribution in [1.29, 1.82) is 0 Å². The van der Waals surface area contributed by atoms with Crippen LogP contribution in [-0.4, -0.2) is 29.3 Å². The maximum atomic E-state index is 11.5. The van der Waals surface area contributed by atoms with Gasteiger partial charge in [-0.05, 0) is 33.6 Å². The Morgan fingerprint density at radius 2 is 2.06 bits per heavy atom. The van der Waals surface area contributed by atoms with Crippen LogP contribution in [0.4, 0.5) is 10.5 Å². The van der Waals surface area contributed by atoms with Crippen LogP contribution in [-0.2, 0) is 4.74 Å². The number of anilines is 1. The van der Waals surface area contributed by atoms with Crippen molar-refractivity contribution < 1.29 is 14.3 Å². The van der Waals surface area contributed by atoms with Crippen LogP contribution < -0.4 is 5.32 Å². The second kappa shape index (κ2) is 5.39. The molecule has 6 nitrogen and oxygen atoms in total. The van der Waals surface area contributed by atoms with E-state index in [1.807, 2.05) is 0 Å². The van der Waals surface area contributed by atoms with Gasteiger partial charge >= 0.3 is 6.09 Å². The monoisotopic (exact) mass is 249 g/mol. The van der Waals surface area contributed by atoms with E-state index in [2.05, 4.69) is 22.0 Å². The molecule has 1 aromatic heterocycles. The SMILES string of the molecule is C=NC(=O)c1cncc(NC(=O)OC(C)(C)C)c1. The minimum atomic E-state index is -0.611. The summed E-state index contributed by atoms with van der Waals surface area (Å²) in [6, 6.07) is 1.45. The molecule has 6 heteroatoms. The van der Waals surface area contributed by atoms with E-state index in [1.165, 1.54) is 18.5 Å². The van der Waals surface area contributed by atoms with Crippen molar-refractivity contribution in [2.24, 2.45) is 4.99 Å². The topological polar surface area (TPSA) is 80.7 Å². The standard InChI is InChI=1S/C12H15N3O3/c1-12(2,3)18-11(17)15-9-5-8(6-14-7-9)10(16)13-4/h5-7H,4H2,1-3H3,(H,15,17). The Hall–Kier alpha value is -2.24. The fraction of sp³-hybridized carbons (Fsp3) is 0.333. The van der Waals surface area contributed by atoms with Crippen LogP contribution in [0.1, 0.15) is 31.1 Å². The number of rotatable bonds is 2. The van der Waals surface area contributed by atoms with Gasteiger partial charge in [0.05, 0.1) is 17.4 Å². The number of ether oxygens (including phenoxy) is 1. The van der Waals surface area contributed by atoms with E-state index in [0.29, 0.717) is 5.69 Å². The van der Waals surface area contributed by atoms with Gasteiger partial charge in [0.1, 0.15) is 5.60 Å². The molecular weight excluding hydrogens is 234 g/mol. The Balaban J connectivity index is 2.77. The summed E-state index contributed by atoms with van der Waals surface area (Å²) in [7, 11) is 0. The Morgan fingerprint density at radius 1 is 1.39 bits per heavy atom. The number of amides is 2. The Morgan fingerprint density at radius 3 is 2.61 bits per heavy atom. The molecule has 18 heavy (non-hydrogen) atoms. The van der Waals surface area contributed by atoms with Crippen molar-refractivity contribution >= 4 is 24.4 Å². The second-order valence-corrected chi connectivity index (χ2v) is 4.55. The molecule has 0 aliphatic rings. The lowest BCUT2D eigenvalue weighted by Crippen LogP contribution is -2.27. The lowest BCUT2D eigenvalue weighted by Gasteiger charge is -2.19. The summed E-state index contributed by atoms with van der Waals surface area (Å²) >= 11 is 0. The van der Waals surface area contributed by atoms with Crippen molar-refractivity contribution in [3.05, 3.63) is 24.0 Å². The summed E-state index contributed by atoms with van der Waals surface area (Å²) < 4.78 is 5.07. The number of pyridine rings is 1. The Kier molecular flexibility index (Phi) is 4.14. The molecule has 0 radical (unpaired) electrons. The molecule has 1 rings (SSSR count). The highest BCUT2D eigenvalue weighted by atomic mass is 16.6. The molecule has 0 atom stereocenters. The van der Waals surface area contributed by atoms with Gasteiger partial charge in [0, 0.05) is 6.20 Å². The summed E-state index contributed by atoms with van der Waals surface area (Å²) in [6.07, 6.45) is 2.14. The summed E-state index contributed by atoms with van der Waals surface area (Å²) in [6.45, 7) is 8.41. The molecule has 0 unspecified atom stereocenters. The minimum Gasteiger partial charge on any atom is -0.444 e. The molecule has 0 saturated carbocycles. The fourth-order valence-electron chi connectivity index (χ4n) is 1.14. The molecule has 0 fully saturated rings. The van der Waals surface area contributed by atoms with Gasteiger partial charge in [-0.3, -0.25) is 15.1 Å². The normalized spacial score (nSPS) is 10.6. The molecule has 1 N–H and O–H groups in total. The molecule has 96 valence electrons. The highest BCUT2D eigenvalue weighted by molar-refractivity contribution is 5.98. The van der Waals surface area contributed by atoms with E-state index < -0.39 is 17.6 Å². The van der Waals surface area contributed by atoms with Gasteiger partial charge in [-0.1, -0.05) is 0 Å².